The number of carbonyl (C=O) groups is 2. The van der Waals surface area contributed by atoms with Crippen molar-refractivity contribution in [2.75, 3.05) is 44.9 Å². The summed E-state index contributed by atoms with van der Waals surface area (Å²) in [5, 5.41) is 13.0. The molecule has 232 valence electrons. The maximum atomic E-state index is 14.2. The molecular formula is C31H45N3O7S. The molecule has 1 aliphatic heterocycles. The minimum atomic E-state index is -3.43. The number of amides is 2. The number of nitrogens with one attached hydrogen (secondary N) is 1. The molecule has 2 aromatic carbocycles. The van der Waals surface area contributed by atoms with E-state index < -0.39 is 22.2 Å². The van der Waals surface area contributed by atoms with Gasteiger partial charge in [-0.05, 0) is 56.9 Å². The fourth-order valence-electron chi connectivity index (χ4n) is 4.84. The van der Waals surface area contributed by atoms with Gasteiger partial charge < -0.3 is 24.8 Å². The second kappa shape index (κ2) is 15.5. The number of hydrogen-bond donors (Lipinski definition) is 2. The molecule has 3 rings (SSSR count). The third kappa shape index (κ3) is 9.79. The monoisotopic (exact) mass is 603 g/mol. The van der Waals surface area contributed by atoms with Crippen LogP contribution in [0.25, 0.3) is 0 Å². The van der Waals surface area contributed by atoms with E-state index in [4.69, 9.17) is 9.47 Å². The Bertz CT molecular complexity index is 1290. The molecule has 11 heteroatoms. The number of hydrogen-bond acceptors (Lipinski definition) is 7. The molecule has 0 spiro atoms. The van der Waals surface area contributed by atoms with E-state index in [1.807, 2.05) is 44.2 Å². The van der Waals surface area contributed by atoms with Crippen molar-refractivity contribution in [2.45, 2.75) is 64.7 Å². The van der Waals surface area contributed by atoms with E-state index in [1.54, 1.807) is 30.0 Å². The number of carbonyl (C=O) groups excluding carboxylic acids is 2. The van der Waals surface area contributed by atoms with Crippen LogP contribution in [0.4, 0.5) is 5.69 Å². The highest BCUT2D eigenvalue weighted by molar-refractivity contribution is 7.88. The number of ether oxygens (including phenoxy) is 2. The van der Waals surface area contributed by atoms with Gasteiger partial charge in [0.05, 0.1) is 43.1 Å². The van der Waals surface area contributed by atoms with Crippen LogP contribution in [-0.4, -0.2) is 92.4 Å². The minimum Gasteiger partial charge on any atom is -0.490 e. The van der Waals surface area contributed by atoms with Gasteiger partial charge in [0.25, 0.3) is 5.91 Å². The Morgan fingerprint density at radius 3 is 2.55 bits per heavy atom. The Balaban J connectivity index is 1.95. The Morgan fingerprint density at radius 2 is 1.88 bits per heavy atom. The Labute approximate surface area is 250 Å². The van der Waals surface area contributed by atoms with Crippen molar-refractivity contribution in [1.29, 1.82) is 0 Å². The van der Waals surface area contributed by atoms with Crippen molar-refractivity contribution in [3.63, 3.8) is 0 Å². The molecule has 1 heterocycles. The van der Waals surface area contributed by atoms with Crippen LogP contribution in [0.2, 0.25) is 0 Å². The van der Waals surface area contributed by atoms with Crippen molar-refractivity contribution in [1.82, 2.24) is 9.21 Å². The van der Waals surface area contributed by atoms with Crippen LogP contribution in [0.1, 0.15) is 56.0 Å². The minimum absolute atomic E-state index is 0.142. The Morgan fingerprint density at radius 1 is 1.17 bits per heavy atom. The predicted molar refractivity (Wildman–Crippen MR) is 163 cm³/mol. The maximum Gasteiger partial charge on any atom is 0.258 e. The first-order valence-electron chi connectivity index (χ1n) is 14.5. The molecule has 0 aliphatic carbocycles. The summed E-state index contributed by atoms with van der Waals surface area (Å²) in [4.78, 5) is 28.5. The molecule has 0 fully saturated rings. The van der Waals surface area contributed by atoms with Gasteiger partial charge in [-0.2, -0.15) is 0 Å². The fourth-order valence-corrected chi connectivity index (χ4v) is 5.26. The second-order valence-electron chi connectivity index (χ2n) is 11.3. The molecule has 10 nitrogen and oxygen atoms in total. The summed E-state index contributed by atoms with van der Waals surface area (Å²) in [6.45, 7) is 6.14. The Hall–Kier alpha value is -2.99. The molecule has 0 radical (unpaired) electrons. The first-order valence-corrected chi connectivity index (χ1v) is 16.3. The van der Waals surface area contributed by atoms with Crippen LogP contribution >= 0.6 is 0 Å². The lowest BCUT2D eigenvalue weighted by molar-refractivity contribution is -0.115. The molecule has 0 unspecified atom stereocenters. The highest BCUT2D eigenvalue weighted by Gasteiger charge is 2.31. The van der Waals surface area contributed by atoms with E-state index in [0.717, 1.165) is 31.1 Å². The van der Waals surface area contributed by atoms with Crippen LogP contribution in [0.15, 0.2) is 48.5 Å². The summed E-state index contributed by atoms with van der Waals surface area (Å²) < 4.78 is 38.0. The van der Waals surface area contributed by atoms with E-state index in [0.29, 0.717) is 18.0 Å². The van der Waals surface area contributed by atoms with Gasteiger partial charge in [0.2, 0.25) is 15.9 Å². The molecule has 2 aromatic rings. The standard InChI is InChI=1S/C31H45N3O7S/c1-22-19-34(23(2)21-35)31(37)27-18-26(32-30(36)17-25-12-7-6-8-13-25)14-15-28(27)41-24(3)11-9-10-16-40-29(22)20-33(4)42(5,38)39/h6-8,12-15,18,22-24,29,35H,9-11,16-17,19-21H2,1-5H3,(H,32,36)/t22-,23-,24+,29-/m1/s1. The number of anilines is 1. The van der Waals surface area contributed by atoms with Crippen molar-refractivity contribution in [2.24, 2.45) is 5.92 Å². The van der Waals surface area contributed by atoms with Gasteiger partial charge in [0, 0.05) is 38.3 Å². The smallest absolute Gasteiger partial charge is 0.258 e. The second-order valence-corrected chi connectivity index (χ2v) is 13.4. The van der Waals surface area contributed by atoms with Gasteiger partial charge in [-0.15, -0.1) is 0 Å². The lowest BCUT2D eigenvalue weighted by Gasteiger charge is -2.35. The largest absolute Gasteiger partial charge is 0.490 e. The van der Waals surface area contributed by atoms with E-state index >= 15 is 0 Å². The van der Waals surface area contributed by atoms with Crippen LogP contribution < -0.4 is 10.1 Å². The summed E-state index contributed by atoms with van der Waals surface area (Å²) in [6.07, 6.45) is 3.02. The highest BCUT2D eigenvalue weighted by Crippen LogP contribution is 2.28. The van der Waals surface area contributed by atoms with E-state index in [-0.39, 0.29) is 55.5 Å². The summed E-state index contributed by atoms with van der Waals surface area (Å²) in [5.74, 6) is -0.435. The van der Waals surface area contributed by atoms with E-state index in [1.165, 1.54) is 11.4 Å². The molecule has 1 aliphatic rings. The highest BCUT2D eigenvalue weighted by atomic mass is 32.2. The molecule has 42 heavy (non-hydrogen) atoms. The topological polar surface area (TPSA) is 125 Å². The summed E-state index contributed by atoms with van der Waals surface area (Å²) >= 11 is 0. The van der Waals surface area contributed by atoms with E-state index in [9.17, 15) is 23.1 Å². The number of rotatable bonds is 8. The van der Waals surface area contributed by atoms with Crippen LogP contribution in [0.5, 0.6) is 5.75 Å². The Kier molecular flexibility index (Phi) is 12.3. The maximum absolute atomic E-state index is 14.2. The van der Waals surface area contributed by atoms with Crippen molar-refractivity contribution < 1.29 is 32.6 Å². The van der Waals surface area contributed by atoms with Crippen LogP contribution in [0, 0.1) is 5.92 Å². The number of aliphatic hydroxyl groups is 1. The first-order chi connectivity index (χ1) is 19.9. The summed E-state index contributed by atoms with van der Waals surface area (Å²) in [7, 11) is -1.92. The molecule has 0 aromatic heterocycles. The van der Waals surface area contributed by atoms with Crippen molar-refractivity contribution >= 4 is 27.5 Å². The quantitative estimate of drug-likeness (QED) is 0.473. The molecule has 4 atom stereocenters. The molecule has 2 N–H and O–H groups in total. The molecule has 0 saturated heterocycles. The molecule has 2 amide bonds. The number of benzene rings is 2. The number of aliphatic hydroxyl groups excluding tert-OH is 1. The number of sulfonamides is 1. The molecule has 0 bridgehead atoms. The third-order valence-corrected chi connectivity index (χ3v) is 8.83. The van der Waals surface area contributed by atoms with Gasteiger partial charge in [-0.3, -0.25) is 9.59 Å². The normalized spacial score (nSPS) is 21.6. The third-order valence-electron chi connectivity index (χ3n) is 7.55. The number of likely N-dealkylation sites (N-methyl/N-ethyl adjacent to an activating group) is 1. The van der Waals surface area contributed by atoms with Gasteiger partial charge in [-0.1, -0.05) is 37.3 Å². The van der Waals surface area contributed by atoms with Crippen LogP contribution in [0.3, 0.4) is 0 Å². The lowest BCUT2D eigenvalue weighted by atomic mass is 10.0. The predicted octanol–water partition coefficient (Wildman–Crippen LogP) is 3.55. The first kappa shape index (κ1) is 33.5. The zero-order valence-electron chi connectivity index (χ0n) is 25.3. The summed E-state index contributed by atoms with van der Waals surface area (Å²) in [5.41, 5.74) is 1.60. The molecular weight excluding hydrogens is 558 g/mol. The number of fused-ring (bicyclic) bond motifs is 1. The van der Waals surface area contributed by atoms with Crippen LogP contribution in [-0.2, 0) is 26.0 Å². The SMILES string of the molecule is C[C@@H]1CN([C@H](C)CO)C(=O)c2cc(NC(=O)Cc3ccccc3)ccc2O[C@@H](C)CCCCO[C@@H]1CN(C)S(C)(=O)=O. The fraction of sp³-hybridized carbons (Fsp3) is 0.548. The van der Waals surface area contributed by atoms with Gasteiger partial charge in [-0.25, -0.2) is 12.7 Å². The zero-order valence-corrected chi connectivity index (χ0v) is 26.1. The lowest BCUT2D eigenvalue weighted by Crippen LogP contribution is -2.47. The van der Waals surface area contributed by atoms with Crippen molar-refractivity contribution in [3.8, 4) is 5.75 Å². The average molecular weight is 604 g/mol. The molecule has 0 saturated carbocycles. The van der Waals surface area contributed by atoms with Gasteiger partial charge in [0.15, 0.2) is 0 Å². The van der Waals surface area contributed by atoms with Crippen molar-refractivity contribution in [3.05, 3.63) is 59.7 Å². The summed E-state index contributed by atoms with van der Waals surface area (Å²) in [6, 6.07) is 13.9. The van der Waals surface area contributed by atoms with Gasteiger partial charge in [0.1, 0.15) is 5.75 Å². The van der Waals surface area contributed by atoms with Gasteiger partial charge >= 0.3 is 0 Å². The van der Waals surface area contributed by atoms with E-state index in [2.05, 4.69) is 5.32 Å². The number of nitrogens with zero attached hydrogens (tertiary/aromatic N) is 2. The zero-order chi connectivity index (χ0) is 30.9. The average Bonchev–Trinajstić information content (AvgIpc) is 2.94.